The molecule has 0 aromatic heterocycles. The molecule has 6 nitrogen and oxygen atoms in total. The van der Waals surface area contributed by atoms with Crippen LogP contribution in [0.25, 0.3) is 0 Å². The summed E-state index contributed by atoms with van der Waals surface area (Å²) in [7, 11) is 0. The molecule has 2 amide bonds. The molecule has 0 fully saturated rings. The average Bonchev–Trinajstić information content (AvgIpc) is 2.73. The fraction of sp³-hybridized carbons (Fsp3) is 0.462. The van der Waals surface area contributed by atoms with Gasteiger partial charge < -0.3 is 9.84 Å². The molecule has 2 aromatic rings. The van der Waals surface area contributed by atoms with Crippen LogP contribution in [0.1, 0.15) is 67.1 Å². The van der Waals surface area contributed by atoms with Crippen LogP contribution >= 0.6 is 0 Å². The second-order valence-electron chi connectivity index (χ2n) is 9.33. The molecular formula is C26H36N2O4. The van der Waals surface area contributed by atoms with E-state index in [9.17, 15) is 14.7 Å². The molecule has 2 rings (SSSR count). The van der Waals surface area contributed by atoms with Crippen molar-refractivity contribution in [3.63, 3.8) is 0 Å². The van der Waals surface area contributed by atoms with Gasteiger partial charge in [-0.2, -0.15) is 0 Å². The van der Waals surface area contributed by atoms with Gasteiger partial charge in [0.25, 0.3) is 5.91 Å². The van der Waals surface area contributed by atoms with Crippen molar-refractivity contribution in [2.75, 3.05) is 6.61 Å². The number of amides is 2. The maximum Gasteiger partial charge on any atom is 0.426 e. The third-order valence-corrected chi connectivity index (χ3v) is 5.31. The fourth-order valence-corrected chi connectivity index (χ4v) is 3.76. The molecule has 0 radical (unpaired) electrons. The van der Waals surface area contributed by atoms with E-state index in [-0.39, 0.29) is 30.6 Å². The van der Waals surface area contributed by atoms with Crippen molar-refractivity contribution in [2.45, 2.75) is 66.5 Å². The zero-order valence-corrected chi connectivity index (χ0v) is 19.9. The molecular weight excluding hydrogens is 404 g/mol. The van der Waals surface area contributed by atoms with Gasteiger partial charge in [-0.25, -0.2) is 15.2 Å². The van der Waals surface area contributed by atoms with E-state index in [4.69, 9.17) is 4.74 Å². The lowest BCUT2D eigenvalue weighted by Crippen LogP contribution is -2.56. The molecule has 32 heavy (non-hydrogen) atoms. The van der Waals surface area contributed by atoms with E-state index in [0.717, 1.165) is 23.1 Å². The SMILES string of the molecule is Cc1cc(C)cc(C(=O)N(NC(=O)OCc2ccccc2)[C@H](CCCCO)C(C)(C)C)c1. The van der Waals surface area contributed by atoms with Crippen molar-refractivity contribution >= 4 is 12.0 Å². The number of hydrogen-bond acceptors (Lipinski definition) is 4. The zero-order valence-electron chi connectivity index (χ0n) is 19.9. The van der Waals surface area contributed by atoms with Crippen LogP contribution in [0.2, 0.25) is 0 Å². The molecule has 1 atom stereocenters. The number of carbonyl (C=O) groups excluding carboxylic acids is 2. The number of nitrogens with one attached hydrogen (secondary N) is 1. The van der Waals surface area contributed by atoms with Crippen molar-refractivity contribution in [1.82, 2.24) is 10.4 Å². The molecule has 2 aromatic carbocycles. The summed E-state index contributed by atoms with van der Waals surface area (Å²) in [4.78, 5) is 26.3. The number of benzene rings is 2. The van der Waals surface area contributed by atoms with E-state index >= 15 is 0 Å². The Balaban J connectivity index is 2.29. The first-order valence-corrected chi connectivity index (χ1v) is 11.1. The second-order valence-corrected chi connectivity index (χ2v) is 9.33. The Bertz CT molecular complexity index is 870. The van der Waals surface area contributed by atoms with E-state index in [0.29, 0.717) is 18.4 Å². The molecule has 0 heterocycles. The Hall–Kier alpha value is -2.86. The van der Waals surface area contributed by atoms with Crippen LogP contribution in [-0.2, 0) is 11.3 Å². The molecule has 0 unspecified atom stereocenters. The van der Waals surface area contributed by atoms with Crippen LogP contribution in [0.5, 0.6) is 0 Å². The lowest BCUT2D eigenvalue weighted by molar-refractivity contribution is 0.0240. The molecule has 0 saturated carbocycles. The number of aliphatic hydroxyl groups excluding tert-OH is 1. The molecule has 174 valence electrons. The van der Waals surface area contributed by atoms with Gasteiger partial charge in [0.2, 0.25) is 0 Å². The third kappa shape index (κ3) is 7.68. The number of aliphatic hydroxyl groups is 1. The van der Waals surface area contributed by atoms with Gasteiger partial charge >= 0.3 is 6.09 Å². The largest absolute Gasteiger partial charge is 0.443 e. The summed E-state index contributed by atoms with van der Waals surface area (Å²) < 4.78 is 5.40. The summed E-state index contributed by atoms with van der Waals surface area (Å²) in [6.45, 7) is 10.2. The van der Waals surface area contributed by atoms with Crippen LogP contribution < -0.4 is 5.43 Å². The van der Waals surface area contributed by atoms with Gasteiger partial charge in [-0.1, -0.05) is 68.3 Å². The molecule has 0 bridgehead atoms. The van der Waals surface area contributed by atoms with Crippen molar-refractivity contribution in [3.8, 4) is 0 Å². The van der Waals surface area contributed by atoms with Crippen LogP contribution in [0.15, 0.2) is 48.5 Å². The topological polar surface area (TPSA) is 78.9 Å². The van der Waals surface area contributed by atoms with Gasteiger partial charge in [0.1, 0.15) is 6.61 Å². The Morgan fingerprint density at radius 1 is 1.03 bits per heavy atom. The predicted octanol–water partition coefficient (Wildman–Crippen LogP) is 5.16. The lowest BCUT2D eigenvalue weighted by Gasteiger charge is -2.40. The Morgan fingerprint density at radius 3 is 2.22 bits per heavy atom. The molecule has 0 aliphatic rings. The molecule has 0 aliphatic carbocycles. The molecule has 0 aliphatic heterocycles. The number of ether oxygens (including phenoxy) is 1. The molecule has 0 saturated heterocycles. The van der Waals surface area contributed by atoms with Gasteiger partial charge in [-0.15, -0.1) is 0 Å². The second kappa shape index (κ2) is 11.7. The summed E-state index contributed by atoms with van der Waals surface area (Å²) in [5, 5.41) is 10.6. The number of hydrazine groups is 1. The van der Waals surface area contributed by atoms with Gasteiger partial charge in [0.05, 0.1) is 6.04 Å². The van der Waals surface area contributed by atoms with E-state index in [1.165, 1.54) is 5.01 Å². The van der Waals surface area contributed by atoms with E-state index in [2.05, 4.69) is 5.43 Å². The number of rotatable bonds is 8. The first-order valence-electron chi connectivity index (χ1n) is 11.1. The van der Waals surface area contributed by atoms with Gasteiger partial charge in [0, 0.05) is 12.2 Å². The van der Waals surface area contributed by atoms with Crippen molar-refractivity contribution < 1.29 is 19.4 Å². The van der Waals surface area contributed by atoms with Gasteiger partial charge in [-0.3, -0.25) is 4.79 Å². The number of unbranched alkanes of at least 4 members (excludes halogenated alkanes) is 1. The maximum atomic E-state index is 13.6. The van der Waals surface area contributed by atoms with Gasteiger partial charge in [-0.05, 0) is 56.2 Å². The Labute approximate surface area is 191 Å². The highest BCUT2D eigenvalue weighted by atomic mass is 16.6. The van der Waals surface area contributed by atoms with E-state index in [1.807, 2.05) is 83.1 Å². The van der Waals surface area contributed by atoms with Crippen LogP contribution in [0.3, 0.4) is 0 Å². The first kappa shape index (κ1) is 25.4. The highest BCUT2D eigenvalue weighted by Gasteiger charge is 2.35. The van der Waals surface area contributed by atoms with Gasteiger partial charge in [0.15, 0.2) is 0 Å². The van der Waals surface area contributed by atoms with Crippen molar-refractivity contribution in [2.24, 2.45) is 5.41 Å². The molecule has 2 N–H and O–H groups in total. The highest BCUT2D eigenvalue weighted by Crippen LogP contribution is 2.29. The highest BCUT2D eigenvalue weighted by molar-refractivity contribution is 5.95. The minimum Gasteiger partial charge on any atom is -0.443 e. The summed E-state index contributed by atoms with van der Waals surface area (Å²) >= 11 is 0. The standard InChI is InChI=1S/C26H36N2O4/c1-19-15-20(2)17-22(16-19)24(30)28(23(26(3,4)5)13-9-10-14-29)27-25(31)32-18-21-11-7-6-8-12-21/h6-8,11-12,15-17,23,29H,9-10,13-14,18H2,1-5H3,(H,27,31)/t23-/m1/s1. The quantitative estimate of drug-likeness (QED) is 0.439. The first-order chi connectivity index (χ1) is 15.1. The summed E-state index contributed by atoms with van der Waals surface area (Å²) in [6.07, 6.45) is 1.33. The van der Waals surface area contributed by atoms with Crippen molar-refractivity contribution in [3.05, 3.63) is 70.8 Å². The Kier molecular flexibility index (Phi) is 9.27. The normalized spacial score (nSPS) is 12.2. The van der Waals surface area contributed by atoms with Crippen molar-refractivity contribution in [1.29, 1.82) is 0 Å². The average molecular weight is 441 g/mol. The Morgan fingerprint density at radius 2 is 1.66 bits per heavy atom. The van der Waals surface area contributed by atoms with E-state index < -0.39 is 6.09 Å². The van der Waals surface area contributed by atoms with Crippen LogP contribution in [0.4, 0.5) is 4.79 Å². The van der Waals surface area contributed by atoms with Crippen LogP contribution in [0, 0.1) is 19.3 Å². The lowest BCUT2D eigenvalue weighted by atomic mass is 9.83. The number of nitrogens with zero attached hydrogens (tertiary/aromatic N) is 1. The minimum atomic E-state index is -0.678. The fourth-order valence-electron chi connectivity index (χ4n) is 3.76. The minimum absolute atomic E-state index is 0.0917. The van der Waals surface area contributed by atoms with Crippen LogP contribution in [-0.4, -0.2) is 34.8 Å². The zero-order chi connectivity index (χ0) is 23.7. The predicted molar refractivity (Wildman–Crippen MR) is 126 cm³/mol. The number of hydrogen-bond donors (Lipinski definition) is 2. The smallest absolute Gasteiger partial charge is 0.426 e. The third-order valence-electron chi connectivity index (χ3n) is 5.31. The summed E-state index contributed by atoms with van der Waals surface area (Å²) in [5.41, 5.74) is 5.75. The number of aryl methyl sites for hydroxylation is 2. The molecule has 6 heteroatoms. The summed E-state index contributed by atoms with van der Waals surface area (Å²) in [6, 6.07) is 14.8. The van der Waals surface area contributed by atoms with E-state index in [1.54, 1.807) is 0 Å². The monoisotopic (exact) mass is 440 g/mol. The molecule has 0 spiro atoms. The number of carbonyl (C=O) groups is 2. The summed E-state index contributed by atoms with van der Waals surface area (Å²) in [5.74, 6) is -0.280. The maximum absolute atomic E-state index is 13.6.